The summed E-state index contributed by atoms with van der Waals surface area (Å²) in [6, 6.07) is 5.08. The molecule has 2 aliphatic heterocycles. The van der Waals surface area contributed by atoms with E-state index in [-0.39, 0.29) is 30.4 Å². The standard InChI is InChI=1S/C17H19N3O4/c18-10-5-12(6-10)24-11-2-1-9-8-20(17(23)13(9)7-11)14-3-4-15(21)19-16(14)22/h1-2,7,10,12,14H,3-6,8,18H2,(H,19,21,22). The molecule has 1 aromatic carbocycles. The second-order valence-corrected chi connectivity index (χ2v) is 6.69. The number of hydrogen-bond acceptors (Lipinski definition) is 5. The summed E-state index contributed by atoms with van der Waals surface area (Å²) in [6.45, 7) is 0.384. The SMILES string of the molecule is NC1CC(Oc2ccc3c(c2)C(=O)N(C2CCC(=O)NC2=O)C3)C1. The Labute approximate surface area is 139 Å². The van der Waals surface area contributed by atoms with Crippen molar-refractivity contribution in [2.24, 2.45) is 5.73 Å². The van der Waals surface area contributed by atoms with E-state index in [0.717, 1.165) is 18.4 Å². The fourth-order valence-electron chi connectivity index (χ4n) is 3.50. The van der Waals surface area contributed by atoms with Gasteiger partial charge in [-0.15, -0.1) is 0 Å². The lowest BCUT2D eigenvalue weighted by molar-refractivity contribution is -0.136. The van der Waals surface area contributed by atoms with Crippen molar-refractivity contribution in [2.45, 2.75) is 50.4 Å². The first kappa shape index (κ1) is 15.1. The molecule has 1 saturated heterocycles. The molecule has 4 rings (SSSR count). The third-order valence-corrected chi connectivity index (χ3v) is 4.93. The van der Waals surface area contributed by atoms with Gasteiger partial charge in [0.05, 0.1) is 0 Å². The molecule has 1 atom stereocenters. The van der Waals surface area contributed by atoms with Crippen LogP contribution in [0, 0.1) is 0 Å². The van der Waals surface area contributed by atoms with E-state index in [1.54, 1.807) is 6.07 Å². The first-order valence-corrected chi connectivity index (χ1v) is 8.21. The second-order valence-electron chi connectivity index (χ2n) is 6.69. The molecule has 2 heterocycles. The predicted molar refractivity (Wildman–Crippen MR) is 84.1 cm³/mol. The molecule has 3 aliphatic rings. The molecule has 24 heavy (non-hydrogen) atoms. The van der Waals surface area contributed by atoms with Crippen LogP contribution in [0.2, 0.25) is 0 Å². The van der Waals surface area contributed by atoms with Gasteiger partial charge in [0.15, 0.2) is 0 Å². The molecule has 7 nitrogen and oxygen atoms in total. The number of rotatable bonds is 3. The second kappa shape index (κ2) is 5.59. The number of fused-ring (bicyclic) bond motifs is 1. The largest absolute Gasteiger partial charge is 0.490 e. The molecule has 3 N–H and O–H groups in total. The van der Waals surface area contributed by atoms with Gasteiger partial charge in [-0.1, -0.05) is 6.07 Å². The van der Waals surface area contributed by atoms with Gasteiger partial charge in [-0.2, -0.15) is 0 Å². The van der Waals surface area contributed by atoms with E-state index in [9.17, 15) is 14.4 Å². The Morgan fingerprint density at radius 2 is 2.00 bits per heavy atom. The number of nitrogens with one attached hydrogen (secondary N) is 1. The van der Waals surface area contributed by atoms with Gasteiger partial charge in [-0.25, -0.2) is 0 Å². The maximum atomic E-state index is 12.7. The van der Waals surface area contributed by atoms with Gasteiger partial charge >= 0.3 is 0 Å². The number of carbonyl (C=O) groups excluding carboxylic acids is 3. The lowest BCUT2D eigenvalue weighted by Crippen LogP contribution is -2.52. The molecule has 1 saturated carbocycles. The Hall–Kier alpha value is -2.41. The highest BCUT2D eigenvalue weighted by molar-refractivity contribution is 6.05. The number of carbonyl (C=O) groups is 3. The van der Waals surface area contributed by atoms with Gasteiger partial charge in [0.2, 0.25) is 11.8 Å². The van der Waals surface area contributed by atoms with Gasteiger partial charge in [-0.3, -0.25) is 19.7 Å². The van der Waals surface area contributed by atoms with Crippen molar-refractivity contribution in [1.82, 2.24) is 10.2 Å². The van der Waals surface area contributed by atoms with E-state index in [4.69, 9.17) is 10.5 Å². The fraction of sp³-hybridized carbons (Fsp3) is 0.471. The zero-order valence-electron chi connectivity index (χ0n) is 13.2. The number of hydrogen-bond donors (Lipinski definition) is 2. The van der Waals surface area contributed by atoms with Gasteiger partial charge in [-0.05, 0) is 37.0 Å². The molecule has 0 spiro atoms. The van der Waals surface area contributed by atoms with Crippen LogP contribution in [0.1, 0.15) is 41.6 Å². The van der Waals surface area contributed by atoms with Crippen LogP contribution in [-0.2, 0) is 16.1 Å². The third-order valence-electron chi connectivity index (χ3n) is 4.93. The zero-order valence-corrected chi connectivity index (χ0v) is 13.2. The highest BCUT2D eigenvalue weighted by atomic mass is 16.5. The van der Waals surface area contributed by atoms with Crippen molar-refractivity contribution < 1.29 is 19.1 Å². The van der Waals surface area contributed by atoms with Crippen LogP contribution < -0.4 is 15.8 Å². The summed E-state index contributed by atoms with van der Waals surface area (Å²) < 4.78 is 5.84. The van der Waals surface area contributed by atoms with Crippen molar-refractivity contribution in [3.8, 4) is 5.75 Å². The summed E-state index contributed by atoms with van der Waals surface area (Å²) >= 11 is 0. The summed E-state index contributed by atoms with van der Waals surface area (Å²) in [5.74, 6) is -0.207. The molecule has 7 heteroatoms. The Morgan fingerprint density at radius 1 is 1.21 bits per heavy atom. The third kappa shape index (κ3) is 2.54. The Morgan fingerprint density at radius 3 is 2.71 bits per heavy atom. The number of benzene rings is 1. The van der Waals surface area contributed by atoms with E-state index >= 15 is 0 Å². The van der Waals surface area contributed by atoms with Crippen LogP contribution in [0.15, 0.2) is 18.2 Å². The number of imide groups is 1. The maximum Gasteiger partial charge on any atom is 0.255 e. The molecule has 126 valence electrons. The molecule has 2 fully saturated rings. The minimum Gasteiger partial charge on any atom is -0.490 e. The van der Waals surface area contributed by atoms with Crippen molar-refractivity contribution >= 4 is 17.7 Å². The highest BCUT2D eigenvalue weighted by Crippen LogP contribution is 2.32. The summed E-state index contributed by atoms with van der Waals surface area (Å²) in [5.41, 5.74) is 7.20. The van der Waals surface area contributed by atoms with E-state index < -0.39 is 11.9 Å². The number of amides is 3. The normalized spacial score (nSPS) is 29.1. The van der Waals surface area contributed by atoms with Crippen LogP contribution in [0.25, 0.3) is 0 Å². The van der Waals surface area contributed by atoms with Gasteiger partial charge in [0.1, 0.15) is 17.9 Å². The average Bonchev–Trinajstić information content (AvgIpc) is 2.83. The monoisotopic (exact) mass is 329 g/mol. The summed E-state index contributed by atoms with van der Waals surface area (Å²) in [4.78, 5) is 37.5. The van der Waals surface area contributed by atoms with Gasteiger partial charge in [0.25, 0.3) is 5.91 Å². The Bertz CT molecular complexity index is 727. The molecule has 3 amide bonds. The fourth-order valence-corrected chi connectivity index (χ4v) is 3.50. The van der Waals surface area contributed by atoms with E-state index in [2.05, 4.69) is 5.32 Å². The number of nitrogens with zero attached hydrogens (tertiary/aromatic N) is 1. The van der Waals surface area contributed by atoms with Crippen molar-refractivity contribution in [3.63, 3.8) is 0 Å². The topological polar surface area (TPSA) is 102 Å². The number of nitrogens with two attached hydrogens (primary N) is 1. The van der Waals surface area contributed by atoms with Crippen LogP contribution in [-0.4, -0.2) is 40.8 Å². The molecule has 1 aromatic rings. The van der Waals surface area contributed by atoms with Crippen LogP contribution in [0.3, 0.4) is 0 Å². The molecule has 0 radical (unpaired) electrons. The van der Waals surface area contributed by atoms with Crippen molar-refractivity contribution in [3.05, 3.63) is 29.3 Å². The van der Waals surface area contributed by atoms with Gasteiger partial charge < -0.3 is 15.4 Å². The zero-order chi connectivity index (χ0) is 16.8. The first-order chi connectivity index (χ1) is 11.5. The lowest BCUT2D eigenvalue weighted by Gasteiger charge is -2.32. The van der Waals surface area contributed by atoms with Crippen molar-refractivity contribution in [1.29, 1.82) is 0 Å². The smallest absolute Gasteiger partial charge is 0.255 e. The molecule has 0 aromatic heterocycles. The van der Waals surface area contributed by atoms with E-state index in [0.29, 0.717) is 24.3 Å². The van der Waals surface area contributed by atoms with E-state index in [1.165, 1.54) is 4.90 Å². The van der Waals surface area contributed by atoms with Crippen LogP contribution >= 0.6 is 0 Å². The molecular formula is C17H19N3O4. The summed E-state index contributed by atoms with van der Waals surface area (Å²) in [5, 5.41) is 2.30. The van der Waals surface area contributed by atoms with E-state index in [1.807, 2.05) is 12.1 Å². The predicted octanol–water partition coefficient (Wildman–Crippen LogP) is 0.316. The minimum atomic E-state index is -0.586. The quantitative estimate of drug-likeness (QED) is 0.778. The number of piperidine rings is 1. The maximum absolute atomic E-state index is 12.7. The minimum absolute atomic E-state index is 0.112. The number of ether oxygens (including phenoxy) is 1. The molecule has 0 bridgehead atoms. The Balaban J connectivity index is 1.50. The highest BCUT2D eigenvalue weighted by Gasteiger charge is 2.39. The summed E-state index contributed by atoms with van der Waals surface area (Å²) in [6.07, 6.45) is 2.39. The Kier molecular flexibility index (Phi) is 3.53. The average molecular weight is 329 g/mol. The molecule has 1 unspecified atom stereocenters. The molecule has 1 aliphatic carbocycles. The first-order valence-electron chi connectivity index (χ1n) is 8.21. The van der Waals surface area contributed by atoms with Gasteiger partial charge in [0, 0.05) is 24.6 Å². The van der Waals surface area contributed by atoms with Crippen molar-refractivity contribution in [2.75, 3.05) is 0 Å². The molecular weight excluding hydrogens is 310 g/mol. The van der Waals surface area contributed by atoms with Crippen LogP contribution in [0.5, 0.6) is 5.75 Å². The van der Waals surface area contributed by atoms with Crippen LogP contribution in [0.4, 0.5) is 0 Å². The summed E-state index contributed by atoms with van der Waals surface area (Å²) in [7, 11) is 0. The lowest BCUT2D eigenvalue weighted by atomic mass is 9.90.